The molecule has 0 aromatic heterocycles. The zero-order valence-corrected chi connectivity index (χ0v) is 7.75. The third-order valence-corrected chi connectivity index (χ3v) is 2.40. The van der Waals surface area contributed by atoms with Crippen molar-refractivity contribution in [1.82, 2.24) is 0 Å². The Balaban J connectivity index is 2.57. The zero-order chi connectivity index (χ0) is 9.26. The molecule has 0 spiro atoms. The summed E-state index contributed by atoms with van der Waals surface area (Å²) in [4.78, 5) is 0. The van der Waals surface area contributed by atoms with E-state index in [1.54, 1.807) is 12.2 Å². The van der Waals surface area contributed by atoms with Gasteiger partial charge in [-0.1, -0.05) is 35.9 Å². The van der Waals surface area contributed by atoms with Crippen molar-refractivity contribution >= 4 is 16.6 Å². The maximum absolute atomic E-state index is 9.41. The van der Waals surface area contributed by atoms with Crippen molar-refractivity contribution in [2.75, 3.05) is 0 Å². The Bertz CT molecular complexity index is 391. The highest BCUT2D eigenvalue weighted by Gasteiger charge is 2.09. The summed E-state index contributed by atoms with van der Waals surface area (Å²) in [5.74, 6) is 0.350. The fourth-order valence-electron chi connectivity index (χ4n) is 1.42. The molecule has 13 heavy (non-hydrogen) atoms. The van der Waals surface area contributed by atoms with Crippen LogP contribution in [-0.2, 0) is 6.42 Å². The Labute approximate surface area is 82.0 Å². The third kappa shape index (κ3) is 1.61. The SMILES string of the molecule is OC1=CC=C(Cl)c2ccccc2C1. The van der Waals surface area contributed by atoms with Crippen LogP contribution in [0.2, 0.25) is 0 Å². The van der Waals surface area contributed by atoms with Crippen molar-refractivity contribution in [2.45, 2.75) is 6.42 Å². The molecule has 66 valence electrons. The van der Waals surface area contributed by atoms with Gasteiger partial charge in [0.15, 0.2) is 0 Å². The molecule has 0 aliphatic heterocycles. The van der Waals surface area contributed by atoms with E-state index in [1.165, 1.54) is 0 Å². The van der Waals surface area contributed by atoms with Gasteiger partial charge in [-0.15, -0.1) is 0 Å². The molecule has 0 bridgehead atoms. The molecule has 1 aliphatic carbocycles. The highest BCUT2D eigenvalue weighted by Crippen LogP contribution is 2.26. The molecule has 0 amide bonds. The van der Waals surface area contributed by atoms with Gasteiger partial charge in [-0.2, -0.15) is 0 Å². The molecule has 1 aromatic rings. The molecule has 1 aliphatic rings. The van der Waals surface area contributed by atoms with Crippen molar-refractivity contribution in [2.24, 2.45) is 0 Å². The van der Waals surface area contributed by atoms with E-state index in [0.717, 1.165) is 11.1 Å². The van der Waals surface area contributed by atoms with Gasteiger partial charge >= 0.3 is 0 Å². The highest BCUT2D eigenvalue weighted by molar-refractivity contribution is 6.49. The standard InChI is InChI=1S/C11H9ClO/c12-11-6-5-9(13)7-8-3-1-2-4-10(8)11/h1-6,13H,7H2. The summed E-state index contributed by atoms with van der Waals surface area (Å²) in [5.41, 5.74) is 2.07. The van der Waals surface area contributed by atoms with Crippen molar-refractivity contribution in [1.29, 1.82) is 0 Å². The lowest BCUT2D eigenvalue weighted by molar-refractivity contribution is 0.399. The van der Waals surface area contributed by atoms with Gasteiger partial charge in [-0.25, -0.2) is 0 Å². The van der Waals surface area contributed by atoms with Gasteiger partial charge in [-0.3, -0.25) is 0 Å². The van der Waals surface area contributed by atoms with Crippen LogP contribution in [0.4, 0.5) is 0 Å². The molecule has 1 N–H and O–H groups in total. The molecule has 0 fully saturated rings. The first-order valence-electron chi connectivity index (χ1n) is 4.11. The third-order valence-electron chi connectivity index (χ3n) is 2.07. The van der Waals surface area contributed by atoms with Gasteiger partial charge in [0.2, 0.25) is 0 Å². The van der Waals surface area contributed by atoms with Gasteiger partial charge in [0.1, 0.15) is 0 Å². The van der Waals surface area contributed by atoms with Crippen molar-refractivity contribution in [3.8, 4) is 0 Å². The molecule has 2 heteroatoms. The van der Waals surface area contributed by atoms with E-state index in [1.807, 2.05) is 24.3 Å². The monoisotopic (exact) mass is 192 g/mol. The summed E-state index contributed by atoms with van der Waals surface area (Å²) in [6, 6.07) is 7.82. The molecule has 0 saturated carbocycles. The first-order chi connectivity index (χ1) is 6.27. The Hall–Kier alpha value is -1.21. The Morgan fingerprint density at radius 3 is 2.77 bits per heavy atom. The maximum Gasteiger partial charge on any atom is 0.0967 e. The van der Waals surface area contributed by atoms with Crippen LogP contribution in [0.3, 0.4) is 0 Å². The second-order valence-corrected chi connectivity index (χ2v) is 3.41. The summed E-state index contributed by atoms with van der Waals surface area (Å²) in [5, 5.41) is 10.1. The zero-order valence-electron chi connectivity index (χ0n) is 7.00. The molecule has 1 nitrogen and oxygen atoms in total. The largest absolute Gasteiger partial charge is 0.512 e. The number of benzene rings is 1. The quantitative estimate of drug-likeness (QED) is 0.669. The molecule has 2 rings (SSSR count). The maximum atomic E-state index is 9.41. The molecule has 0 unspecified atom stereocenters. The van der Waals surface area contributed by atoms with Crippen molar-refractivity contribution in [3.05, 3.63) is 53.3 Å². The summed E-state index contributed by atoms with van der Waals surface area (Å²) in [7, 11) is 0. The fraction of sp³-hybridized carbons (Fsp3) is 0.0909. The van der Waals surface area contributed by atoms with E-state index < -0.39 is 0 Å². The number of allylic oxidation sites excluding steroid dienone is 3. The van der Waals surface area contributed by atoms with Gasteiger partial charge in [-0.05, 0) is 23.3 Å². The highest BCUT2D eigenvalue weighted by atomic mass is 35.5. The molecule has 0 radical (unpaired) electrons. The number of halogens is 1. The Morgan fingerprint density at radius 2 is 1.92 bits per heavy atom. The van der Waals surface area contributed by atoms with E-state index >= 15 is 0 Å². The average Bonchev–Trinajstić information content (AvgIpc) is 2.27. The summed E-state index contributed by atoms with van der Waals surface area (Å²) >= 11 is 6.02. The lowest BCUT2D eigenvalue weighted by atomic mass is 10.1. The van der Waals surface area contributed by atoms with Gasteiger partial charge in [0.25, 0.3) is 0 Å². The predicted octanol–water partition coefficient (Wildman–Crippen LogP) is 3.26. The van der Waals surface area contributed by atoms with Crippen LogP contribution >= 0.6 is 11.6 Å². The summed E-state index contributed by atoms with van der Waals surface area (Å²) in [6.07, 6.45) is 3.92. The molecule has 0 saturated heterocycles. The van der Waals surface area contributed by atoms with E-state index in [2.05, 4.69) is 0 Å². The van der Waals surface area contributed by atoms with Crippen LogP contribution in [0.1, 0.15) is 11.1 Å². The molecular formula is C11H9ClO. The molecule has 0 atom stereocenters. The summed E-state index contributed by atoms with van der Waals surface area (Å²) in [6.45, 7) is 0. The van der Waals surface area contributed by atoms with Crippen LogP contribution in [-0.4, -0.2) is 5.11 Å². The minimum atomic E-state index is 0.350. The fourth-order valence-corrected chi connectivity index (χ4v) is 1.67. The first kappa shape index (κ1) is 8.39. The molecular weight excluding hydrogens is 184 g/mol. The van der Waals surface area contributed by atoms with Crippen LogP contribution in [0.5, 0.6) is 0 Å². The minimum absolute atomic E-state index is 0.350. The average molecular weight is 193 g/mol. The van der Waals surface area contributed by atoms with E-state index in [-0.39, 0.29) is 0 Å². The normalized spacial score (nSPS) is 15.5. The summed E-state index contributed by atoms with van der Waals surface area (Å²) < 4.78 is 0. The lowest BCUT2D eigenvalue weighted by Crippen LogP contribution is -1.91. The first-order valence-corrected chi connectivity index (χ1v) is 4.49. The predicted molar refractivity (Wildman–Crippen MR) is 54.7 cm³/mol. The second kappa shape index (κ2) is 3.27. The van der Waals surface area contributed by atoms with Crippen molar-refractivity contribution in [3.63, 3.8) is 0 Å². The van der Waals surface area contributed by atoms with Crippen LogP contribution in [0.15, 0.2) is 42.2 Å². The van der Waals surface area contributed by atoms with Crippen molar-refractivity contribution < 1.29 is 5.11 Å². The van der Waals surface area contributed by atoms with Crippen LogP contribution in [0, 0.1) is 0 Å². The Morgan fingerprint density at radius 1 is 1.15 bits per heavy atom. The number of rotatable bonds is 0. The van der Waals surface area contributed by atoms with E-state index in [9.17, 15) is 5.11 Å². The van der Waals surface area contributed by atoms with E-state index in [4.69, 9.17) is 11.6 Å². The molecule has 1 aromatic carbocycles. The second-order valence-electron chi connectivity index (χ2n) is 3.01. The number of aliphatic hydroxyl groups excluding tert-OH is 1. The van der Waals surface area contributed by atoms with Gasteiger partial charge in [0.05, 0.1) is 5.76 Å². The Kier molecular flexibility index (Phi) is 2.11. The number of aliphatic hydroxyl groups is 1. The lowest BCUT2D eigenvalue weighted by Gasteiger charge is -2.04. The number of hydrogen-bond donors (Lipinski definition) is 1. The topological polar surface area (TPSA) is 20.2 Å². The number of fused-ring (bicyclic) bond motifs is 1. The van der Waals surface area contributed by atoms with E-state index in [0.29, 0.717) is 17.2 Å². The minimum Gasteiger partial charge on any atom is -0.512 e. The number of hydrogen-bond acceptors (Lipinski definition) is 1. The van der Waals surface area contributed by atoms with Crippen LogP contribution in [0.25, 0.3) is 5.03 Å². The molecule has 0 heterocycles. The van der Waals surface area contributed by atoms with Gasteiger partial charge < -0.3 is 5.11 Å². The smallest absolute Gasteiger partial charge is 0.0967 e. The van der Waals surface area contributed by atoms with Crippen LogP contribution < -0.4 is 0 Å². The van der Waals surface area contributed by atoms with Gasteiger partial charge in [0, 0.05) is 11.5 Å².